The molecule has 1 saturated heterocycles. The van der Waals surface area contributed by atoms with Crippen LogP contribution in [0.2, 0.25) is 0 Å². The van der Waals surface area contributed by atoms with Crippen molar-refractivity contribution in [3.05, 3.63) is 47.8 Å². The number of anilines is 3. The lowest BCUT2D eigenvalue weighted by Crippen LogP contribution is -2.43. The third kappa shape index (κ3) is 4.28. The van der Waals surface area contributed by atoms with Gasteiger partial charge in [0, 0.05) is 53.1 Å². The van der Waals surface area contributed by atoms with Crippen LogP contribution in [0.3, 0.4) is 0 Å². The van der Waals surface area contributed by atoms with Crippen molar-refractivity contribution in [3.63, 3.8) is 0 Å². The molecule has 5 heterocycles. The lowest BCUT2D eigenvalue weighted by atomic mass is 10.0. The SMILES string of the molecule is CC1=C(C(=O)Nc2ccc3[nH]nc(-c4ccnc(N5CCO[C@H](CI)C5)c4)c3c2)[C@H](C)n2nnnc2N1C. The van der Waals surface area contributed by atoms with Crippen molar-refractivity contribution in [2.24, 2.45) is 0 Å². The average Bonchev–Trinajstić information content (AvgIpc) is 3.60. The molecule has 6 rings (SSSR count). The molecule has 1 fully saturated rings. The first-order valence-corrected chi connectivity index (χ1v) is 13.9. The average molecular weight is 626 g/mol. The molecule has 0 unspecified atom stereocenters. The molecule has 2 atom stereocenters. The number of tetrazole rings is 1. The van der Waals surface area contributed by atoms with Gasteiger partial charge >= 0.3 is 0 Å². The number of rotatable bonds is 5. The van der Waals surface area contributed by atoms with Crippen molar-refractivity contribution in [1.29, 1.82) is 0 Å². The minimum absolute atomic E-state index is 0.198. The second kappa shape index (κ2) is 9.94. The Morgan fingerprint density at radius 3 is 3.00 bits per heavy atom. The Morgan fingerprint density at radius 1 is 1.29 bits per heavy atom. The Kier molecular flexibility index (Phi) is 6.47. The summed E-state index contributed by atoms with van der Waals surface area (Å²) in [5.74, 6) is 1.31. The highest BCUT2D eigenvalue weighted by Crippen LogP contribution is 2.34. The third-order valence-corrected chi connectivity index (χ3v) is 8.15. The topological polar surface area (TPSA) is 130 Å². The van der Waals surface area contributed by atoms with Crippen molar-refractivity contribution in [2.75, 3.05) is 46.3 Å². The summed E-state index contributed by atoms with van der Waals surface area (Å²) in [5, 5.41) is 23.6. The zero-order valence-electron chi connectivity index (χ0n) is 21.2. The van der Waals surface area contributed by atoms with Crippen molar-refractivity contribution in [1.82, 2.24) is 35.4 Å². The fourth-order valence-corrected chi connectivity index (χ4v) is 5.57. The fourth-order valence-electron chi connectivity index (χ4n) is 5.04. The highest BCUT2D eigenvalue weighted by atomic mass is 127. The molecule has 12 nitrogen and oxygen atoms in total. The minimum Gasteiger partial charge on any atom is -0.374 e. The van der Waals surface area contributed by atoms with Crippen molar-refractivity contribution < 1.29 is 9.53 Å². The summed E-state index contributed by atoms with van der Waals surface area (Å²) < 4.78 is 8.40. The number of aromatic amines is 1. The molecule has 0 aliphatic carbocycles. The first-order chi connectivity index (χ1) is 18.4. The van der Waals surface area contributed by atoms with Crippen LogP contribution in [-0.4, -0.2) is 78.6 Å². The van der Waals surface area contributed by atoms with Crippen LogP contribution in [0.5, 0.6) is 0 Å². The van der Waals surface area contributed by atoms with Gasteiger partial charge in [-0.2, -0.15) is 5.10 Å². The van der Waals surface area contributed by atoms with Gasteiger partial charge in [0.25, 0.3) is 5.91 Å². The van der Waals surface area contributed by atoms with E-state index in [2.05, 4.69) is 69.6 Å². The predicted molar refractivity (Wildman–Crippen MR) is 152 cm³/mol. The number of alkyl halides is 1. The van der Waals surface area contributed by atoms with Gasteiger partial charge in [-0.15, -0.1) is 0 Å². The zero-order valence-corrected chi connectivity index (χ0v) is 23.4. The number of pyridine rings is 1. The second-order valence-electron chi connectivity index (χ2n) is 9.44. The number of nitrogens with one attached hydrogen (secondary N) is 2. The summed E-state index contributed by atoms with van der Waals surface area (Å²) in [4.78, 5) is 22.1. The number of hydrogen-bond donors (Lipinski definition) is 2. The van der Waals surface area contributed by atoms with Crippen molar-refractivity contribution in [2.45, 2.75) is 26.0 Å². The number of ether oxygens (including phenoxy) is 1. The summed E-state index contributed by atoms with van der Waals surface area (Å²) >= 11 is 2.36. The molecule has 196 valence electrons. The van der Waals surface area contributed by atoms with Gasteiger partial charge in [-0.1, -0.05) is 27.7 Å². The molecule has 13 heteroatoms. The molecule has 2 N–H and O–H groups in total. The molecule has 1 aromatic carbocycles. The predicted octanol–water partition coefficient (Wildman–Crippen LogP) is 3.18. The highest BCUT2D eigenvalue weighted by Gasteiger charge is 2.32. The van der Waals surface area contributed by atoms with Gasteiger partial charge in [0.05, 0.1) is 29.8 Å². The smallest absolute Gasteiger partial charge is 0.255 e. The largest absolute Gasteiger partial charge is 0.374 e. The van der Waals surface area contributed by atoms with E-state index in [0.29, 0.717) is 23.8 Å². The second-order valence-corrected chi connectivity index (χ2v) is 10.3. The van der Waals surface area contributed by atoms with Crippen LogP contribution in [0.15, 0.2) is 47.8 Å². The van der Waals surface area contributed by atoms with E-state index in [0.717, 1.165) is 51.2 Å². The van der Waals surface area contributed by atoms with Crippen LogP contribution in [0.25, 0.3) is 22.2 Å². The number of carbonyl (C=O) groups excluding carboxylic acids is 1. The Morgan fingerprint density at radius 2 is 2.16 bits per heavy atom. The molecule has 0 saturated carbocycles. The Bertz CT molecular complexity index is 1550. The van der Waals surface area contributed by atoms with E-state index in [1.54, 1.807) is 4.68 Å². The summed E-state index contributed by atoms with van der Waals surface area (Å²) in [6, 6.07) is 9.46. The van der Waals surface area contributed by atoms with Crippen LogP contribution in [-0.2, 0) is 9.53 Å². The normalized spacial score (nSPS) is 19.7. The van der Waals surface area contributed by atoms with Gasteiger partial charge in [0.1, 0.15) is 11.5 Å². The molecule has 0 radical (unpaired) electrons. The van der Waals surface area contributed by atoms with E-state index in [4.69, 9.17) is 4.74 Å². The molecular weight excluding hydrogens is 599 g/mol. The Hall–Kier alpha value is -3.59. The van der Waals surface area contributed by atoms with E-state index >= 15 is 0 Å². The van der Waals surface area contributed by atoms with Crippen LogP contribution >= 0.6 is 22.6 Å². The van der Waals surface area contributed by atoms with Crippen LogP contribution in [0.4, 0.5) is 17.5 Å². The number of amides is 1. The molecule has 4 aromatic rings. The maximum atomic E-state index is 13.4. The van der Waals surface area contributed by atoms with Crippen LogP contribution in [0.1, 0.15) is 19.9 Å². The molecule has 3 aromatic heterocycles. The van der Waals surface area contributed by atoms with Crippen molar-refractivity contribution in [3.8, 4) is 11.3 Å². The van der Waals surface area contributed by atoms with Crippen LogP contribution in [0, 0.1) is 0 Å². The lowest BCUT2D eigenvalue weighted by Gasteiger charge is -2.33. The maximum absolute atomic E-state index is 13.4. The summed E-state index contributed by atoms with van der Waals surface area (Å²) in [6.45, 7) is 6.12. The first kappa shape index (κ1) is 24.7. The standard InChI is InChI=1S/C25H27IN10O2/c1-14-22(15(2)36-25(34(14)3)31-32-33-36)24(37)28-17-4-5-20-19(11-17)23(30-29-20)16-6-7-27-21(10-16)35-8-9-38-18(12-26)13-35/h4-7,10-11,15,18H,8-9,12-13H2,1-3H3,(H,28,37)(H,29,30)/t15-,18+/m0/s1. The van der Waals surface area contributed by atoms with E-state index in [1.165, 1.54) is 0 Å². The zero-order chi connectivity index (χ0) is 26.4. The third-order valence-electron chi connectivity index (χ3n) is 7.17. The number of nitrogens with zero attached hydrogens (tertiary/aromatic N) is 8. The van der Waals surface area contributed by atoms with E-state index in [-0.39, 0.29) is 18.1 Å². The maximum Gasteiger partial charge on any atom is 0.255 e. The molecule has 38 heavy (non-hydrogen) atoms. The van der Waals surface area contributed by atoms with Crippen LogP contribution < -0.4 is 15.1 Å². The lowest BCUT2D eigenvalue weighted by molar-refractivity contribution is -0.113. The molecule has 2 aliphatic heterocycles. The Balaban J connectivity index is 1.28. The minimum atomic E-state index is -0.299. The number of hydrogen-bond acceptors (Lipinski definition) is 9. The van der Waals surface area contributed by atoms with Crippen molar-refractivity contribution >= 4 is 56.9 Å². The number of fused-ring (bicyclic) bond motifs is 2. The highest BCUT2D eigenvalue weighted by molar-refractivity contribution is 14.1. The quantitative estimate of drug-likeness (QED) is 0.254. The van der Waals surface area contributed by atoms with Gasteiger partial charge in [-0.25, -0.2) is 9.67 Å². The number of benzene rings is 1. The summed E-state index contributed by atoms with van der Waals surface area (Å²) in [6.07, 6.45) is 2.01. The van der Waals surface area contributed by atoms with E-state index in [1.807, 2.05) is 56.3 Å². The number of morpholine rings is 1. The molecular formula is C25H27IN10O2. The first-order valence-electron chi connectivity index (χ1n) is 12.4. The van der Waals surface area contributed by atoms with Gasteiger partial charge in [-0.3, -0.25) is 9.89 Å². The summed E-state index contributed by atoms with van der Waals surface area (Å²) in [7, 11) is 1.85. The number of allylic oxidation sites excluding steroid dienone is 1. The van der Waals surface area contributed by atoms with Gasteiger partial charge in [-0.05, 0) is 54.6 Å². The Labute approximate surface area is 232 Å². The number of aromatic nitrogens is 7. The molecule has 2 aliphatic rings. The fraction of sp³-hybridized carbons (Fsp3) is 0.360. The van der Waals surface area contributed by atoms with Gasteiger partial charge in [0.2, 0.25) is 5.95 Å². The number of carbonyl (C=O) groups is 1. The molecule has 1 amide bonds. The number of halogens is 1. The van der Waals surface area contributed by atoms with Gasteiger partial charge < -0.3 is 19.9 Å². The molecule has 0 spiro atoms. The van der Waals surface area contributed by atoms with Gasteiger partial charge in [0.15, 0.2) is 0 Å². The number of H-pyrrole nitrogens is 1. The van der Waals surface area contributed by atoms with E-state index < -0.39 is 0 Å². The summed E-state index contributed by atoms with van der Waals surface area (Å²) in [5.41, 5.74) is 4.73. The van der Waals surface area contributed by atoms with E-state index in [9.17, 15) is 4.79 Å². The molecule has 0 bridgehead atoms. The monoisotopic (exact) mass is 626 g/mol.